The molecule has 0 saturated carbocycles. The number of rotatable bonds is 7. The van der Waals surface area contributed by atoms with Crippen LogP contribution in [-0.2, 0) is 11.3 Å². The minimum absolute atomic E-state index is 0.0224. The van der Waals surface area contributed by atoms with Crippen molar-refractivity contribution in [3.05, 3.63) is 44.3 Å². The molecule has 0 aromatic carbocycles. The van der Waals surface area contributed by atoms with Crippen LogP contribution in [0.5, 0.6) is 0 Å². The predicted molar refractivity (Wildman–Crippen MR) is 79.0 cm³/mol. The Morgan fingerprint density at radius 2 is 2.20 bits per heavy atom. The quantitative estimate of drug-likeness (QED) is 0.731. The first-order valence-corrected chi connectivity index (χ1v) is 7.68. The van der Waals surface area contributed by atoms with E-state index in [1.165, 1.54) is 22.7 Å². The Hall–Kier alpha value is -1.70. The number of carboxylic acids is 1. The Bertz CT molecular complexity index is 593. The highest BCUT2D eigenvalue weighted by Gasteiger charge is 2.16. The highest BCUT2D eigenvalue weighted by Crippen LogP contribution is 2.23. The zero-order valence-corrected chi connectivity index (χ0v) is 12.2. The number of nitrogens with two attached hydrogens (primary N) is 1. The van der Waals surface area contributed by atoms with E-state index in [1.54, 1.807) is 11.4 Å². The minimum atomic E-state index is -0.847. The van der Waals surface area contributed by atoms with Crippen molar-refractivity contribution in [3.8, 4) is 0 Å². The topological polar surface area (TPSA) is 92.4 Å². The fraction of sp³-hybridized carbons (Fsp3) is 0.231. The Morgan fingerprint density at radius 1 is 1.40 bits per heavy atom. The summed E-state index contributed by atoms with van der Waals surface area (Å²) < 4.78 is 0. The van der Waals surface area contributed by atoms with Gasteiger partial charge in [0.25, 0.3) is 0 Å². The number of primary amides is 1. The van der Waals surface area contributed by atoms with E-state index in [0.29, 0.717) is 12.1 Å². The minimum Gasteiger partial charge on any atom is -0.481 e. The van der Waals surface area contributed by atoms with Gasteiger partial charge in [-0.3, -0.25) is 9.59 Å². The summed E-state index contributed by atoms with van der Waals surface area (Å²) in [6.45, 7) is 0.508. The molecular formula is C13H14N2O3S2. The fourth-order valence-electron chi connectivity index (χ4n) is 1.76. The first-order valence-electron chi connectivity index (χ1n) is 5.92. The molecule has 0 aliphatic carbocycles. The third-order valence-corrected chi connectivity index (χ3v) is 4.65. The van der Waals surface area contributed by atoms with E-state index < -0.39 is 11.9 Å². The van der Waals surface area contributed by atoms with Gasteiger partial charge < -0.3 is 16.2 Å². The summed E-state index contributed by atoms with van der Waals surface area (Å²) in [5.74, 6) is -1.30. The van der Waals surface area contributed by atoms with Gasteiger partial charge >= 0.3 is 5.97 Å². The Kier molecular flexibility index (Phi) is 4.89. The highest BCUT2D eigenvalue weighted by molar-refractivity contribution is 7.10. The average Bonchev–Trinajstić information content (AvgIpc) is 3.05. The van der Waals surface area contributed by atoms with Crippen LogP contribution in [0.15, 0.2) is 29.0 Å². The van der Waals surface area contributed by atoms with Crippen LogP contribution in [0, 0.1) is 0 Å². The molecule has 4 N–H and O–H groups in total. The molecule has 2 aromatic rings. The largest absolute Gasteiger partial charge is 0.481 e. The number of thiophene rings is 2. The predicted octanol–water partition coefficient (Wildman–Crippen LogP) is 2.21. The van der Waals surface area contributed by atoms with Gasteiger partial charge in [-0.05, 0) is 17.5 Å². The average molecular weight is 310 g/mol. The molecule has 2 heterocycles. The van der Waals surface area contributed by atoms with Gasteiger partial charge in [0.15, 0.2) is 0 Å². The van der Waals surface area contributed by atoms with Gasteiger partial charge in [0.05, 0.1) is 18.0 Å². The van der Waals surface area contributed by atoms with E-state index in [1.807, 2.05) is 17.5 Å². The summed E-state index contributed by atoms with van der Waals surface area (Å²) in [7, 11) is 0. The van der Waals surface area contributed by atoms with E-state index in [-0.39, 0.29) is 12.5 Å². The lowest BCUT2D eigenvalue weighted by Gasteiger charge is -2.14. The molecule has 20 heavy (non-hydrogen) atoms. The van der Waals surface area contributed by atoms with Crippen LogP contribution in [0.2, 0.25) is 0 Å². The molecule has 1 unspecified atom stereocenters. The molecule has 2 rings (SSSR count). The molecule has 0 fully saturated rings. The summed E-state index contributed by atoms with van der Waals surface area (Å²) in [5.41, 5.74) is 5.68. The highest BCUT2D eigenvalue weighted by atomic mass is 32.1. The van der Waals surface area contributed by atoms with E-state index >= 15 is 0 Å². The maximum Gasteiger partial charge on any atom is 0.305 e. The summed E-state index contributed by atoms with van der Waals surface area (Å²) in [6, 6.07) is 5.31. The summed E-state index contributed by atoms with van der Waals surface area (Å²) in [4.78, 5) is 23.9. The van der Waals surface area contributed by atoms with Crippen LogP contribution < -0.4 is 11.1 Å². The van der Waals surface area contributed by atoms with Gasteiger partial charge in [0.2, 0.25) is 5.91 Å². The third-order valence-electron chi connectivity index (χ3n) is 2.73. The van der Waals surface area contributed by atoms with Crippen molar-refractivity contribution in [1.29, 1.82) is 0 Å². The molecule has 5 nitrogen and oxygen atoms in total. The molecule has 0 aliphatic rings. The van der Waals surface area contributed by atoms with Gasteiger partial charge in [0, 0.05) is 21.7 Å². The maximum atomic E-state index is 11.0. The molecule has 0 spiro atoms. The summed E-state index contributed by atoms with van der Waals surface area (Å²) in [5, 5.41) is 15.8. The number of carbonyl (C=O) groups excluding carboxylic acids is 1. The van der Waals surface area contributed by atoms with Crippen molar-refractivity contribution < 1.29 is 14.7 Å². The molecule has 1 atom stereocenters. The fourth-order valence-corrected chi connectivity index (χ4v) is 3.39. The van der Waals surface area contributed by atoms with E-state index in [0.717, 1.165) is 9.75 Å². The Balaban J connectivity index is 2.01. The van der Waals surface area contributed by atoms with Crippen molar-refractivity contribution in [2.24, 2.45) is 5.73 Å². The monoisotopic (exact) mass is 310 g/mol. The molecule has 0 aliphatic heterocycles. The van der Waals surface area contributed by atoms with E-state index in [9.17, 15) is 9.59 Å². The second-order valence-electron chi connectivity index (χ2n) is 4.21. The normalized spacial score (nSPS) is 12.2. The van der Waals surface area contributed by atoms with Crippen LogP contribution in [0.3, 0.4) is 0 Å². The second kappa shape index (κ2) is 6.65. The van der Waals surface area contributed by atoms with Gasteiger partial charge in [-0.15, -0.1) is 22.7 Å². The van der Waals surface area contributed by atoms with Gasteiger partial charge in [0.1, 0.15) is 0 Å². The molecular weight excluding hydrogens is 296 g/mol. The first kappa shape index (κ1) is 14.7. The smallest absolute Gasteiger partial charge is 0.305 e. The molecule has 0 bridgehead atoms. The summed E-state index contributed by atoms with van der Waals surface area (Å²) >= 11 is 2.95. The van der Waals surface area contributed by atoms with Crippen LogP contribution in [0.1, 0.15) is 32.6 Å². The molecule has 2 aromatic heterocycles. The maximum absolute atomic E-state index is 11.0. The number of amides is 1. The van der Waals surface area contributed by atoms with Crippen molar-refractivity contribution in [2.75, 3.05) is 0 Å². The van der Waals surface area contributed by atoms with Crippen molar-refractivity contribution in [3.63, 3.8) is 0 Å². The molecule has 7 heteroatoms. The molecule has 0 saturated heterocycles. The SMILES string of the molecule is NC(=O)c1csc(CNC(CC(=O)O)c2cccs2)c1. The lowest BCUT2D eigenvalue weighted by Crippen LogP contribution is -2.22. The van der Waals surface area contributed by atoms with Gasteiger partial charge in [-0.1, -0.05) is 6.07 Å². The number of carboxylic acid groups (broad SMARTS) is 1. The lowest BCUT2D eigenvalue weighted by molar-refractivity contribution is -0.137. The van der Waals surface area contributed by atoms with Crippen LogP contribution >= 0.6 is 22.7 Å². The van der Waals surface area contributed by atoms with Crippen LogP contribution in [0.25, 0.3) is 0 Å². The van der Waals surface area contributed by atoms with Gasteiger partial charge in [-0.2, -0.15) is 0 Å². The van der Waals surface area contributed by atoms with Crippen molar-refractivity contribution in [1.82, 2.24) is 5.32 Å². The number of hydrogen-bond donors (Lipinski definition) is 3. The number of hydrogen-bond acceptors (Lipinski definition) is 5. The zero-order valence-electron chi connectivity index (χ0n) is 10.5. The molecule has 1 amide bonds. The van der Waals surface area contributed by atoms with E-state index in [2.05, 4.69) is 5.32 Å². The van der Waals surface area contributed by atoms with Crippen molar-refractivity contribution >= 4 is 34.6 Å². The number of aliphatic carboxylic acids is 1. The number of carbonyl (C=O) groups is 2. The van der Waals surface area contributed by atoms with E-state index in [4.69, 9.17) is 10.8 Å². The standard InChI is InChI=1S/C13H14N2O3S2/c14-13(18)8-4-9(20-7-8)6-15-10(5-12(16)17)11-2-1-3-19-11/h1-4,7,10,15H,5-6H2,(H2,14,18)(H,16,17). The zero-order chi connectivity index (χ0) is 14.5. The van der Waals surface area contributed by atoms with Gasteiger partial charge in [-0.25, -0.2) is 0 Å². The van der Waals surface area contributed by atoms with Crippen LogP contribution in [-0.4, -0.2) is 17.0 Å². The van der Waals surface area contributed by atoms with Crippen molar-refractivity contribution in [2.45, 2.75) is 19.0 Å². The Labute approximate surface area is 124 Å². The second-order valence-corrected chi connectivity index (χ2v) is 6.19. The number of nitrogens with one attached hydrogen (secondary N) is 1. The first-order chi connectivity index (χ1) is 9.56. The Morgan fingerprint density at radius 3 is 2.75 bits per heavy atom. The van der Waals surface area contributed by atoms with Crippen LogP contribution in [0.4, 0.5) is 0 Å². The lowest BCUT2D eigenvalue weighted by atomic mass is 10.1. The molecule has 0 radical (unpaired) electrons. The summed E-state index contributed by atoms with van der Waals surface area (Å²) in [6.07, 6.45) is 0.0224. The molecule has 106 valence electrons. The third kappa shape index (κ3) is 3.89.